The topological polar surface area (TPSA) is 81.9 Å². The second kappa shape index (κ2) is 8.73. The Morgan fingerprint density at radius 1 is 0.970 bits per heavy atom. The minimum absolute atomic E-state index is 0.246. The van der Waals surface area contributed by atoms with Gasteiger partial charge >= 0.3 is 6.18 Å². The fourth-order valence-corrected chi connectivity index (χ4v) is 3.20. The molecule has 0 bridgehead atoms. The molecule has 0 aliphatic carbocycles. The largest absolute Gasteiger partial charge is 0.438 e. The third kappa shape index (κ3) is 5.00. The summed E-state index contributed by atoms with van der Waals surface area (Å²) in [5.41, 5.74) is 0.651. The Morgan fingerprint density at radius 2 is 1.70 bits per heavy atom. The number of hydrogen-bond acceptors (Lipinski definition) is 5. The highest BCUT2D eigenvalue weighted by molar-refractivity contribution is 6.05. The van der Waals surface area contributed by atoms with Crippen LogP contribution in [0.5, 0.6) is 11.6 Å². The maximum atomic E-state index is 13.1. The SMILES string of the molecule is Cc1cc(C)n(-c2ccc(Oc3ccc(NC(=O)c4ccccc4C(F)(F)F)cc3)nn2)n1. The fourth-order valence-electron chi connectivity index (χ4n) is 3.20. The lowest BCUT2D eigenvalue weighted by molar-refractivity contribution is -0.137. The van der Waals surface area contributed by atoms with Gasteiger partial charge in [-0.25, -0.2) is 4.68 Å². The van der Waals surface area contributed by atoms with Gasteiger partial charge in [-0.3, -0.25) is 4.79 Å². The molecule has 4 rings (SSSR count). The molecule has 0 aliphatic rings. The first kappa shape index (κ1) is 22.0. The van der Waals surface area contributed by atoms with Gasteiger partial charge in [0, 0.05) is 17.4 Å². The van der Waals surface area contributed by atoms with Crippen molar-refractivity contribution in [1.82, 2.24) is 20.0 Å². The molecule has 2 heterocycles. The maximum Gasteiger partial charge on any atom is 0.417 e. The van der Waals surface area contributed by atoms with E-state index in [-0.39, 0.29) is 5.88 Å². The lowest BCUT2D eigenvalue weighted by Crippen LogP contribution is -2.18. The van der Waals surface area contributed by atoms with E-state index in [1.165, 1.54) is 24.3 Å². The minimum atomic E-state index is -4.63. The summed E-state index contributed by atoms with van der Waals surface area (Å²) < 4.78 is 46.7. The first-order chi connectivity index (χ1) is 15.7. The number of nitrogens with zero attached hydrogens (tertiary/aromatic N) is 4. The van der Waals surface area contributed by atoms with Crippen LogP contribution in [0.25, 0.3) is 5.82 Å². The number of nitrogens with one attached hydrogen (secondary N) is 1. The number of benzene rings is 2. The summed E-state index contributed by atoms with van der Waals surface area (Å²) in [6.07, 6.45) is -4.63. The van der Waals surface area contributed by atoms with Crippen molar-refractivity contribution in [3.8, 4) is 17.4 Å². The molecular weight excluding hydrogens is 435 g/mol. The number of rotatable bonds is 5. The van der Waals surface area contributed by atoms with Gasteiger partial charge in [-0.05, 0) is 62.4 Å². The van der Waals surface area contributed by atoms with E-state index in [4.69, 9.17) is 4.74 Å². The monoisotopic (exact) mass is 453 g/mol. The molecular formula is C23H18F3N5O2. The molecule has 0 fully saturated rings. The zero-order valence-electron chi connectivity index (χ0n) is 17.6. The standard InChI is InChI=1S/C23H18F3N5O2/c1-14-13-15(2)31(30-14)20-11-12-21(29-28-20)33-17-9-7-16(8-10-17)27-22(32)18-5-3-4-6-19(18)23(24,25)26/h3-13H,1-2H3,(H,27,32). The molecule has 33 heavy (non-hydrogen) atoms. The van der Waals surface area contributed by atoms with Gasteiger partial charge in [0.25, 0.3) is 5.91 Å². The zero-order valence-corrected chi connectivity index (χ0v) is 17.6. The van der Waals surface area contributed by atoms with Gasteiger partial charge in [-0.2, -0.15) is 18.3 Å². The molecule has 2 aromatic carbocycles. The van der Waals surface area contributed by atoms with Gasteiger partial charge in [0.2, 0.25) is 5.88 Å². The Kier molecular flexibility index (Phi) is 5.82. The molecule has 0 unspecified atom stereocenters. The first-order valence-electron chi connectivity index (χ1n) is 9.83. The minimum Gasteiger partial charge on any atom is -0.438 e. The molecule has 1 N–H and O–H groups in total. The van der Waals surface area contributed by atoms with E-state index < -0.39 is 23.2 Å². The van der Waals surface area contributed by atoms with Crippen LogP contribution in [-0.2, 0) is 6.18 Å². The van der Waals surface area contributed by atoms with E-state index in [0.717, 1.165) is 23.5 Å². The van der Waals surface area contributed by atoms with Crippen LogP contribution < -0.4 is 10.1 Å². The van der Waals surface area contributed by atoms with E-state index in [0.29, 0.717) is 17.3 Å². The van der Waals surface area contributed by atoms with Crippen LogP contribution in [0.1, 0.15) is 27.3 Å². The molecule has 0 radical (unpaired) electrons. The molecule has 10 heteroatoms. The summed E-state index contributed by atoms with van der Waals surface area (Å²) in [6.45, 7) is 3.80. The molecule has 7 nitrogen and oxygen atoms in total. The molecule has 4 aromatic rings. The summed E-state index contributed by atoms with van der Waals surface area (Å²) in [4.78, 5) is 12.4. The Hall–Kier alpha value is -4.21. The number of alkyl halides is 3. The highest BCUT2D eigenvalue weighted by Crippen LogP contribution is 2.32. The fraction of sp³-hybridized carbons (Fsp3) is 0.130. The summed E-state index contributed by atoms with van der Waals surface area (Å²) in [7, 11) is 0. The summed E-state index contributed by atoms with van der Waals surface area (Å²) in [5, 5.41) is 15.0. The van der Waals surface area contributed by atoms with Crippen molar-refractivity contribution in [2.75, 3.05) is 5.32 Å². The maximum absolute atomic E-state index is 13.1. The van der Waals surface area contributed by atoms with Crippen LogP contribution in [0.3, 0.4) is 0 Å². The Labute approximate surface area is 186 Å². The van der Waals surface area contributed by atoms with E-state index in [9.17, 15) is 18.0 Å². The van der Waals surface area contributed by atoms with Crippen molar-refractivity contribution >= 4 is 11.6 Å². The summed E-state index contributed by atoms with van der Waals surface area (Å²) in [5.74, 6) is 0.348. The van der Waals surface area contributed by atoms with Crippen molar-refractivity contribution in [2.24, 2.45) is 0 Å². The number of carbonyl (C=O) groups excluding carboxylic acids is 1. The van der Waals surface area contributed by atoms with Crippen LogP contribution >= 0.6 is 0 Å². The molecule has 1 amide bonds. The molecule has 0 saturated carbocycles. The average molecular weight is 453 g/mol. The second-order valence-corrected chi connectivity index (χ2v) is 7.19. The highest BCUT2D eigenvalue weighted by Gasteiger charge is 2.34. The number of hydrogen-bond donors (Lipinski definition) is 1. The van der Waals surface area contributed by atoms with Gasteiger partial charge < -0.3 is 10.1 Å². The lowest BCUT2D eigenvalue weighted by atomic mass is 10.1. The van der Waals surface area contributed by atoms with Crippen LogP contribution in [-0.4, -0.2) is 25.9 Å². The molecule has 2 aromatic heterocycles. The van der Waals surface area contributed by atoms with Crippen LogP contribution in [0.15, 0.2) is 66.7 Å². The normalized spacial score (nSPS) is 11.3. The van der Waals surface area contributed by atoms with Gasteiger partial charge in [0.05, 0.1) is 16.8 Å². The predicted molar refractivity (Wildman–Crippen MR) is 115 cm³/mol. The third-order valence-electron chi connectivity index (χ3n) is 4.66. The Morgan fingerprint density at radius 3 is 2.30 bits per heavy atom. The van der Waals surface area contributed by atoms with Crippen molar-refractivity contribution in [1.29, 1.82) is 0 Å². The van der Waals surface area contributed by atoms with Gasteiger partial charge in [-0.1, -0.05) is 12.1 Å². The number of halogens is 3. The summed E-state index contributed by atoms with van der Waals surface area (Å²) >= 11 is 0. The number of aromatic nitrogens is 4. The summed E-state index contributed by atoms with van der Waals surface area (Å²) in [6, 6.07) is 16.0. The molecule has 0 spiro atoms. The van der Waals surface area contributed by atoms with Gasteiger partial charge in [0.15, 0.2) is 5.82 Å². The number of aryl methyl sites for hydroxylation is 2. The molecule has 0 saturated heterocycles. The van der Waals surface area contributed by atoms with Crippen LogP contribution in [0, 0.1) is 13.8 Å². The van der Waals surface area contributed by atoms with E-state index in [1.54, 1.807) is 28.9 Å². The lowest BCUT2D eigenvalue weighted by Gasteiger charge is -2.13. The Balaban J connectivity index is 1.43. The average Bonchev–Trinajstić information content (AvgIpc) is 3.13. The highest BCUT2D eigenvalue weighted by atomic mass is 19.4. The van der Waals surface area contributed by atoms with E-state index in [1.807, 2.05) is 19.9 Å². The second-order valence-electron chi connectivity index (χ2n) is 7.19. The van der Waals surface area contributed by atoms with Crippen molar-refractivity contribution in [2.45, 2.75) is 20.0 Å². The number of ether oxygens (including phenoxy) is 1. The smallest absolute Gasteiger partial charge is 0.417 e. The third-order valence-corrected chi connectivity index (χ3v) is 4.66. The van der Waals surface area contributed by atoms with Crippen molar-refractivity contribution in [3.05, 3.63) is 89.2 Å². The van der Waals surface area contributed by atoms with Crippen LogP contribution in [0.4, 0.5) is 18.9 Å². The van der Waals surface area contributed by atoms with Gasteiger partial charge in [-0.15, -0.1) is 10.2 Å². The molecule has 168 valence electrons. The molecule has 0 atom stereocenters. The van der Waals surface area contributed by atoms with Crippen LogP contribution in [0.2, 0.25) is 0 Å². The van der Waals surface area contributed by atoms with Crippen molar-refractivity contribution in [3.63, 3.8) is 0 Å². The molecule has 0 aliphatic heterocycles. The quantitative estimate of drug-likeness (QED) is 0.441. The van der Waals surface area contributed by atoms with Gasteiger partial charge in [0.1, 0.15) is 5.75 Å². The Bertz CT molecular complexity index is 1280. The predicted octanol–water partition coefficient (Wildman–Crippen LogP) is 5.34. The van der Waals surface area contributed by atoms with E-state index in [2.05, 4.69) is 20.6 Å². The number of amides is 1. The number of carbonyl (C=O) groups is 1. The first-order valence-corrected chi connectivity index (χ1v) is 9.83. The number of anilines is 1. The van der Waals surface area contributed by atoms with Crippen molar-refractivity contribution < 1.29 is 22.7 Å². The zero-order chi connectivity index (χ0) is 23.6. The van der Waals surface area contributed by atoms with E-state index >= 15 is 0 Å².